The maximum absolute atomic E-state index is 12.5. The molecule has 0 unspecified atom stereocenters. The first-order valence-electron chi connectivity index (χ1n) is 8.62. The van der Waals surface area contributed by atoms with Crippen LogP contribution in [0.15, 0.2) is 36.5 Å². The van der Waals surface area contributed by atoms with Crippen molar-refractivity contribution in [2.75, 3.05) is 27.3 Å². The molecule has 0 saturated carbocycles. The number of hydrogen-bond donors (Lipinski definition) is 0. The van der Waals surface area contributed by atoms with Gasteiger partial charge in [0.15, 0.2) is 0 Å². The van der Waals surface area contributed by atoms with Gasteiger partial charge in [-0.25, -0.2) is 4.98 Å². The molecule has 2 heterocycles. The van der Waals surface area contributed by atoms with E-state index in [4.69, 9.17) is 14.2 Å². The highest BCUT2D eigenvalue weighted by Crippen LogP contribution is 2.19. The van der Waals surface area contributed by atoms with Gasteiger partial charge in [-0.15, -0.1) is 0 Å². The minimum Gasteiger partial charge on any atom is -0.497 e. The lowest BCUT2D eigenvalue weighted by Gasteiger charge is -2.32. The molecule has 1 aromatic heterocycles. The highest BCUT2D eigenvalue weighted by atomic mass is 16.5. The largest absolute Gasteiger partial charge is 0.497 e. The van der Waals surface area contributed by atoms with Gasteiger partial charge in [-0.05, 0) is 17.7 Å². The smallest absolute Gasteiger partial charge is 0.319 e. The van der Waals surface area contributed by atoms with E-state index in [2.05, 4.69) is 9.97 Å². The van der Waals surface area contributed by atoms with Gasteiger partial charge in [-0.3, -0.25) is 4.79 Å². The predicted octanol–water partition coefficient (Wildman–Crippen LogP) is 2.11. The van der Waals surface area contributed by atoms with E-state index < -0.39 is 0 Å². The zero-order valence-electron chi connectivity index (χ0n) is 15.1. The molecule has 0 bridgehead atoms. The maximum Gasteiger partial charge on any atom is 0.319 e. The molecule has 1 saturated heterocycles. The molecule has 1 aliphatic rings. The number of likely N-dealkylation sites (tertiary alicyclic amines) is 1. The van der Waals surface area contributed by atoms with Gasteiger partial charge in [0.25, 0.3) is 0 Å². The lowest BCUT2D eigenvalue weighted by atomic mass is 10.1. The molecule has 7 nitrogen and oxygen atoms in total. The van der Waals surface area contributed by atoms with Crippen LogP contribution in [0.25, 0.3) is 0 Å². The van der Waals surface area contributed by atoms with Crippen molar-refractivity contribution in [3.05, 3.63) is 42.1 Å². The first-order valence-corrected chi connectivity index (χ1v) is 8.62. The van der Waals surface area contributed by atoms with E-state index >= 15 is 0 Å². The SMILES string of the molecule is COc1ccc(CC(=O)N2CCC(Oc3ccnc(OC)n3)CC2)cc1. The van der Waals surface area contributed by atoms with Crippen LogP contribution in [0.5, 0.6) is 17.6 Å². The van der Waals surface area contributed by atoms with Crippen molar-refractivity contribution in [1.29, 1.82) is 0 Å². The van der Waals surface area contributed by atoms with Crippen LogP contribution in [-0.4, -0.2) is 54.2 Å². The Kier molecular flexibility index (Phi) is 5.88. The fraction of sp³-hybridized carbons (Fsp3) is 0.421. The summed E-state index contributed by atoms with van der Waals surface area (Å²) in [4.78, 5) is 22.5. The third-order valence-corrected chi connectivity index (χ3v) is 4.39. The maximum atomic E-state index is 12.5. The van der Waals surface area contributed by atoms with Crippen molar-refractivity contribution in [2.45, 2.75) is 25.4 Å². The molecule has 3 rings (SSSR count). The standard InChI is InChI=1S/C19H23N3O4/c1-24-15-5-3-14(4-6-15)13-18(23)22-11-8-16(9-12-22)26-17-7-10-20-19(21-17)25-2/h3-7,10,16H,8-9,11-13H2,1-2H3. The van der Waals surface area contributed by atoms with Crippen molar-refractivity contribution in [2.24, 2.45) is 0 Å². The van der Waals surface area contributed by atoms with E-state index in [-0.39, 0.29) is 18.0 Å². The van der Waals surface area contributed by atoms with Gasteiger partial charge in [0.05, 0.1) is 20.6 Å². The van der Waals surface area contributed by atoms with Crippen LogP contribution >= 0.6 is 0 Å². The summed E-state index contributed by atoms with van der Waals surface area (Å²) < 4.78 is 16.0. The van der Waals surface area contributed by atoms with E-state index in [1.807, 2.05) is 29.2 Å². The van der Waals surface area contributed by atoms with Crippen LogP contribution in [0.3, 0.4) is 0 Å². The van der Waals surface area contributed by atoms with Crippen LogP contribution in [0, 0.1) is 0 Å². The number of aromatic nitrogens is 2. The summed E-state index contributed by atoms with van der Waals surface area (Å²) in [6.07, 6.45) is 3.61. The summed E-state index contributed by atoms with van der Waals surface area (Å²) in [7, 11) is 3.15. The average molecular weight is 357 g/mol. The Balaban J connectivity index is 1.48. The van der Waals surface area contributed by atoms with Gasteiger partial charge >= 0.3 is 6.01 Å². The molecular formula is C19H23N3O4. The summed E-state index contributed by atoms with van der Waals surface area (Å²) in [5.74, 6) is 1.43. The quantitative estimate of drug-likeness (QED) is 0.788. The summed E-state index contributed by atoms with van der Waals surface area (Å²) in [6.45, 7) is 1.36. The van der Waals surface area contributed by atoms with Crippen molar-refractivity contribution in [3.8, 4) is 17.6 Å². The van der Waals surface area contributed by atoms with Gasteiger partial charge in [-0.2, -0.15) is 4.98 Å². The van der Waals surface area contributed by atoms with E-state index in [0.29, 0.717) is 25.4 Å². The normalized spacial score (nSPS) is 14.8. The molecule has 0 radical (unpaired) electrons. The number of methoxy groups -OCH3 is 2. The first kappa shape index (κ1) is 18.0. The van der Waals surface area contributed by atoms with Crippen LogP contribution in [-0.2, 0) is 11.2 Å². The second-order valence-electron chi connectivity index (χ2n) is 6.10. The predicted molar refractivity (Wildman–Crippen MR) is 95.5 cm³/mol. The third-order valence-electron chi connectivity index (χ3n) is 4.39. The molecule has 0 aliphatic carbocycles. The van der Waals surface area contributed by atoms with Gasteiger partial charge in [0, 0.05) is 38.2 Å². The molecular weight excluding hydrogens is 334 g/mol. The molecule has 1 fully saturated rings. The lowest BCUT2D eigenvalue weighted by molar-refractivity contribution is -0.132. The Labute approximate surface area is 152 Å². The number of ether oxygens (including phenoxy) is 3. The van der Waals surface area contributed by atoms with Gasteiger partial charge in [0.1, 0.15) is 11.9 Å². The van der Waals surface area contributed by atoms with Crippen LogP contribution in [0.4, 0.5) is 0 Å². The minimum atomic E-state index is 0.0413. The number of amides is 1. The molecule has 2 aromatic rings. The minimum absolute atomic E-state index is 0.0413. The van der Waals surface area contributed by atoms with Crippen LogP contribution in [0.1, 0.15) is 18.4 Å². The monoisotopic (exact) mass is 357 g/mol. The Bertz CT molecular complexity index is 728. The highest BCUT2D eigenvalue weighted by molar-refractivity contribution is 5.78. The molecule has 0 atom stereocenters. The number of nitrogens with zero attached hydrogens (tertiary/aromatic N) is 3. The van der Waals surface area contributed by atoms with E-state index in [0.717, 1.165) is 24.2 Å². The molecule has 1 amide bonds. The highest BCUT2D eigenvalue weighted by Gasteiger charge is 2.24. The van der Waals surface area contributed by atoms with E-state index in [1.165, 1.54) is 7.11 Å². The zero-order valence-corrected chi connectivity index (χ0v) is 15.1. The topological polar surface area (TPSA) is 73.8 Å². The van der Waals surface area contributed by atoms with E-state index in [1.54, 1.807) is 19.4 Å². The number of piperidine rings is 1. The third kappa shape index (κ3) is 4.62. The van der Waals surface area contributed by atoms with Crippen LogP contribution in [0.2, 0.25) is 0 Å². The number of carbonyl (C=O) groups is 1. The number of carbonyl (C=O) groups excluding carboxylic acids is 1. The Morgan fingerprint density at radius 3 is 2.50 bits per heavy atom. The van der Waals surface area contributed by atoms with Crippen molar-refractivity contribution in [3.63, 3.8) is 0 Å². The van der Waals surface area contributed by atoms with Gasteiger partial charge in [0.2, 0.25) is 11.8 Å². The number of benzene rings is 1. The van der Waals surface area contributed by atoms with Gasteiger partial charge < -0.3 is 19.1 Å². The zero-order chi connectivity index (χ0) is 18.4. The lowest BCUT2D eigenvalue weighted by Crippen LogP contribution is -2.42. The average Bonchev–Trinajstić information content (AvgIpc) is 2.69. The summed E-state index contributed by atoms with van der Waals surface area (Å²) in [5.41, 5.74) is 0.988. The first-order chi connectivity index (χ1) is 12.7. The molecule has 7 heteroatoms. The Hall–Kier alpha value is -2.83. The van der Waals surface area contributed by atoms with Crippen molar-refractivity contribution in [1.82, 2.24) is 14.9 Å². The van der Waals surface area contributed by atoms with Crippen molar-refractivity contribution >= 4 is 5.91 Å². The van der Waals surface area contributed by atoms with Gasteiger partial charge in [-0.1, -0.05) is 12.1 Å². The second kappa shape index (κ2) is 8.51. The second-order valence-corrected chi connectivity index (χ2v) is 6.10. The molecule has 26 heavy (non-hydrogen) atoms. The molecule has 138 valence electrons. The molecule has 0 N–H and O–H groups in total. The Morgan fingerprint density at radius 1 is 1.12 bits per heavy atom. The molecule has 1 aromatic carbocycles. The van der Waals surface area contributed by atoms with E-state index in [9.17, 15) is 4.79 Å². The fourth-order valence-corrected chi connectivity index (χ4v) is 2.91. The summed E-state index contributed by atoms with van der Waals surface area (Å²) in [6, 6.07) is 9.60. The molecule has 0 spiro atoms. The fourth-order valence-electron chi connectivity index (χ4n) is 2.91. The summed E-state index contributed by atoms with van der Waals surface area (Å²) >= 11 is 0. The summed E-state index contributed by atoms with van der Waals surface area (Å²) in [5, 5.41) is 0. The number of hydrogen-bond acceptors (Lipinski definition) is 6. The number of rotatable bonds is 6. The van der Waals surface area contributed by atoms with Crippen molar-refractivity contribution < 1.29 is 19.0 Å². The molecule has 1 aliphatic heterocycles. The Morgan fingerprint density at radius 2 is 1.85 bits per heavy atom. The van der Waals surface area contributed by atoms with Crippen LogP contribution < -0.4 is 14.2 Å².